The van der Waals surface area contributed by atoms with Gasteiger partial charge in [0.2, 0.25) is 11.8 Å². The fraction of sp³-hybridized carbons (Fsp3) is 0.833. The van der Waals surface area contributed by atoms with Crippen molar-refractivity contribution in [3.63, 3.8) is 0 Å². The molecule has 2 N–H and O–H groups in total. The van der Waals surface area contributed by atoms with Gasteiger partial charge in [-0.2, -0.15) is 0 Å². The molecule has 5 heteroatoms. The standard InChI is InChI=1S/C12H20N2O3/c1-12(2)5-10(16)14(11(12)17)7-9(15)6-13-8-3-4-8/h8-9,13,15H,3-7H2,1-2H3. The Labute approximate surface area is 101 Å². The Morgan fingerprint density at radius 2 is 2.12 bits per heavy atom. The first-order valence-electron chi connectivity index (χ1n) is 6.16. The highest BCUT2D eigenvalue weighted by Gasteiger charge is 2.45. The Hall–Kier alpha value is -0.940. The molecule has 17 heavy (non-hydrogen) atoms. The van der Waals surface area contributed by atoms with E-state index < -0.39 is 11.5 Å². The van der Waals surface area contributed by atoms with Gasteiger partial charge in [-0.1, -0.05) is 13.8 Å². The third kappa shape index (κ3) is 2.84. The predicted octanol–water partition coefficient (Wildman–Crippen LogP) is -0.116. The first-order valence-corrected chi connectivity index (χ1v) is 6.16. The summed E-state index contributed by atoms with van der Waals surface area (Å²) in [5, 5.41) is 13.0. The minimum Gasteiger partial charge on any atom is -0.390 e. The Bertz CT molecular complexity index is 337. The van der Waals surface area contributed by atoms with E-state index in [9.17, 15) is 14.7 Å². The van der Waals surface area contributed by atoms with Crippen molar-refractivity contribution in [3.8, 4) is 0 Å². The number of hydrogen-bond donors (Lipinski definition) is 2. The van der Waals surface area contributed by atoms with Crippen molar-refractivity contribution < 1.29 is 14.7 Å². The molecule has 0 aromatic rings. The molecule has 1 saturated heterocycles. The van der Waals surface area contributed by atoms with Crippen LogP contribution in [0.1, 0.15) is 33.1 Å². The molecule has 2 amide bonds. The molecule has 2 rings (SSSR count). The molecule has 1 saturated carbocycles. The number of nitrogens with one attached hydrogen (secondary N) is 1. The lowest BCUT2D eigenvalue weighted by atomic mass is 9.92. The van der Waals surface area contributed by atoms with Gasteiger partial charge in [-0.05, 0) is 12.8 Å². The quantitative estimate of drug-likeness (QED) is 0.658. The van der Waals surface area contributed by atoms with Gasteiger partial charge in [0.25, 0.3) is 0 Å². The number of aliphatic hydroxyl groups excluding tert-OH is 1. The van der Waals surface area contributed by atoms with E-state index in [2.05, 4.69) is 5.32 Å². The number of hydrogen-bond acceptors (Lipinski definition) is 4. The lowest BCUT2D eigenvalue weighted by Gasteiger charge is -2.21. The van der Waals surface area contributed by atoms with Crippen LogP contribution in [0, 0.1) is 5.41 Å². The van der Waals surface area contributed by atoms with Crippen LogP contribution < -0.4 is 5.32 Å². The fourth-order valence-electron chi connectivity index (χ4n) is 2.08. The average molecular weight is 240 g/mol. The van der Waals surface area contributed by atoms with Gasteiger partial charge in [-0.25, -0.2) is 0 Å². The predicted molar refractivity (Wildman–Crippen MR) is 62.1 cm³/mol. The largest absolute Gasteiger partial charge is 0.390 e. The smallest absolute Gasteiger partial charge is 0.235 e. The molecule has 2 aliphatic rings. The van der Waals surface area contributed by atoms with Crippen molar-refractivity contribution in [2.45, 2.75) is 45.3 Å². The summed E-state index contributed by atoms with van der Waals surface area (Å²) in [6.07, 6.45) is 1.88. The van der Waals surface area contributed by atoms with E-state index >= 15 is 0 Å². The Kier molecular flexibility index (Phi) is 3.23. The molecule has 0 aromatic carbocycles. The minimum absolute atomic E-state index is 0.112. The zero-order valence-electron chi connectivity index (χ0n) is 10.4. The molecule has 2 fully saturated rings. The number of carbonyl (C=O) groups is 2. The highest BCUT2D eigenvalue weighted by molar-refractivity contribution is 6.05. The zero-order chi connectivity index (χ0) is 12.6. The van der Waals surface area contributed by atoms with Crippen LogP contribution in [-0.2, 0) is 9.59 Å². The summed E-state index contributed by atoms with van der Waals surface area (Å²) in [6.45, 7) is 4.09. The van der Waals surface area contributed by atoms with Crippen LogP contribution in [0.5, 0.6) is 0 Å². The van der Waals surface area contributed by atoms with Crippen molar-refractivity contribution >= 4 is 11.8 Å². The summed E-state index contributed by atoms with van der Waals surface area (Å²) < 4.78 is 0. The van der Waals surface area contributed by atoms with Gasteiger partial charge in [-0.15, -0.1) is 0 Å². The van der Waals surface area contributed by atoms with Crippen LogP contribution >= 0.6 is 0 Å². The van der Waals surface area contributed by atoms with E-state index in [0.29, 0.717) is 12.6 Å². The third-order valence-electron chi connectivity index (χ3n) is 3.33. The molecule has 1 atom stereocenters. The molecule has 0 radical (unpaired) electrons. The highest BCUT2D eigenvalue weighted by atomic mass is 16.3. The summed E-state index contributed by atoms with van der Waals surface area (Å²) >= 11 is 0. The van der Waals surface area contributed by atoms with Crippen molar-refractivity contribution in [2.24, 2.45) is 5.41 Å². The van der Waals surface area contributed by atoms with Gasteiger partial charge in [0.15, 0.2) is 0 Å². The van der Waals surface area contributed by atoms with Crippen LogP contribution in [0.15, 0.2) is 0 Å². The molecule has 1 aliphatic heterocycles. The third-order valence-corrected chi connectivity index (χ3v) is 3.33. The molecule has 1 heterocycles. The highest BCUT2D eigenvalue weighted by Crippen LogP contribution is 2.31. The Morgan fingerprint density at radius 3 is 2.59 bits per heavy atom. The second kappa shape index (κ2) is 4.38. The van der Waals surface area contributed by atoms with Gasteiger partial charge < -0.3 is 10.4 Å². The average Bonchev–Trinajstić information content (AvgIpc) is 3.01. The molecule has 0 spiro atoms. The van der Waals surface area contributed by atoms with Crippen LogP contribution in [-0.4, -0.2) is 47.1 Å². The van der Waals surface area contributed by atoms with Gasteiger partial charge in [0, 0.05) is 19.0 Å². The maximum absolute atomic E-state index is 11.9. The van der Waals surface area contributed by atoms with Crippen LogP contribution in [0.4, 0.5) is 0 Å². The molecule has 1 aliphatic carbocycles. The van der Waals surface area contributed by atoms with Crippen LogP contribution in [0.2, 0.25) is 0 Å². The summed E-state index contributed by atoms with van der Waals surface area (Å²) in [7, 11) is 0. The van der Waals surface area contributed by atoms with E-state index in [1.54, 1.807) is 13.8 Å². The molecule has 0 aromatic heterocycles. The topological polar surface area (TPSA) is 69.6 Å². The Morgan fingerprint density at radius 1 is 1.47 bits per heavy atom. The lowest BCUT2D eigenvalue weighted by Crippen LogP contribution is -2.42. The monoisotopic (exact) mass is 240 g/mol. The maximum atomic E-state index is 11.9. The first kappa shape index (κ1) is 12.5. The van der Waals surface area contributed by atoms with Gasteiger partial charge in [0.1, 0.15) is 0 Å². The normalized spacial score (nSPS) is 25.5. The number of likely N-dealkylation sites (tertiary alicyclic amines) is 1. The van der Waals surface area contributed by atoms with E-state index in [1.165, 1.54) is 4.90 Å². The van der Waals surface area contributed by atoms with E-state index in [-0.39, 0.29) is 24.8 Å². The van der Waals surface area contributed by atoms with Crippen LogP contribution in [0.25, 0.3) is 0 Å². The van der Waals surface area contributed by atoms with Crippen LogP contribution in [0.3, 0.4) is 0 Å². The molecular formula is C12H20N2O3. The summed E-state index contributed by atoms with van der Waals surface area (Å²) in [6, 6.07) is 0.520. The molecule has 0 bridgehead atoms. The number of nitrogens with zero attached hydrogens (tertiary/aromatic N) is 1. The first-order chi connectivity index (χ1) is 7.90. The number of rotatable bonds is 5. The summed E-state index contributed by atoms with van der Waals surface area (Å²) in [4.78, 5) is 24.8. The van der Waals surface area contributed by atoms with E-state index in [4.69, 9.17) is 0 Å². The van der Waals surface area contributed by atoms with Crippen molar-refractivity contribution in [3.05, 3.63) is 0 Å². The molecular weight excluding hydrogens is 220 g/mol. The number of carbonyl (C=O) groups excluding carboxylic acids is 2. The number of β-amino-alcohol motifs (C(OH)–C–C–N with tert-alkyl or cyclic N) is 1. The van der Waals surface area contributed by atoms with Crippen molar-refractivity contribution in [1.82, 2.24) is 10.2 Å². The van der Waals surface area contributed by atoms with Gasteiger partial charge >= 0.3 is 0 Å². The van der Waals surface area contributed by atoms with Gasteiger partial charge in [-0.3, -0.25) is 14.5 Å². The minimum atomic E-state index is -0.669. The zero-order valence-corrected chi connectivity index (χ0v) is 10.4. The lowest BCUT2D eigenvalue weighted by molar-refractivity contribution is -0.142. The van der Waals surface area contributed by atoms with Crippen molar-refractivity contribution in [2.75, 3.05) is 13.1 Å². The SMILES string of the molecule is CC1(C)CC(=O)N(CC(O)CNC2CC2)C1=O. The molecule has 5 nitrogen and oxygen atoms in total. The van der Waals surface area contributed by atoms with Gasteiger partial charge in [0.05, 0.1) is 18.1 Å². The van der Waals surface area contributed by atoms with E-state index in [0.717, 1.165) is 12.8 Å². The number of aliphatic hydroxyl groups is 1. The van der Waals surface area contributed by atoms with Crippen molar-refractivity contribution in [1.29, 1.82) is 0 Å². The summed E-state index contributed by atoms with van der Waals surface area (Å²) in [5.74, 6) is -0.349. The number of imide groups is 1. The Balaban J connectivity index is 1.84. The second-order valence-electron chi connectivity index (χ2n) is 5.71. The van der Waals surface area contributed by atoms with E-state index in [1.807, 2.05) is 0 Å². The fourth-order valence-corrected chi connectivity index (χ4v) is 2.08. The molecule has 96 valence electrons. The second-order valence-corrected chi connectivity index (χ2v) is 5.71. The molecule has 1 unspecified atom stereocenters. The summed E-state index contributed by atoms with van der Waals surface area (Å²) in [5.41, 5.74) is -0.610. The maximum Gasteiger partial charge on any atom is 0.235 e. The number of amides is 2.